The average molecular weight is 298 g/mol. The molecule has 2 heterocycles. The van der Waals surface area contributed by atoms with E-state index in [1.807, 2.05) is 24.3 Å². The first-order valence-corrected chi connectivity index (χ1v) is 7.20. The van der Waals surface area contributed by atoms with Crippen LogP contribution >= 0.6 is 0 Å². The average Bonchev–Trinajstić information content (AvgIpc) is 2.56. The fourth-order valence-corrected chi connectivity index (χ4v) is 2.37. The summed E-state index contributed by atoms with van der Waals surface area (Å²) in [5, 5.41) is 2.80. The molecule has 6 heteroatoms. The van der Waals surface area contributed by atoms with Crippen molar-refractivity contribution in [1.29, 1.82) is 0 Å². The van der Waals surface area contributed by atoms with Gasteiger partial charge in [-0.05, 0) is 24.7 Å². The molecule has 0 spiro atoms. The van der Waals surface area contributed by atoms with E-state index in [0.29, 0.717) is 5.69 Å². The predicted octanol–water partition coefficient (Wildman–Crippen LogP) is 1.73. The zero-order valence-corrected chi connectivity index (χ0v) is 12.4. The second-order valence-electron chi connectivity index (χ2n) is 5.29. The third-order valence-corrected chi connectivity index (χ3v) is 3.61. The molecule has 1 aliphatic heterocycles. The van der Waals surface area contributed by atoms with Gasteiger partial charge in [-0.1, -0.05) is 12.1 Å². The number of hydrogen-bond acceptors (Lipinski definition) is 5. The van der Waals surface area contributed by atoms with Gasteiger partial charge in [-0.3, -0.25) is 9.78 Å². The maximum Gasteiger partial charge on any atom is 0.275 e. The highest BCUT2D eigenvalue weighted by Crippen LogP contribution is 2.23. The summed E-state index contributed by atoms with van der Waals surface area (Å²) in [6.07, 6.45) is 4.56. The van der Waals surface area contributed by atoms with Gasteiger partial charge in [-0.15, -0.1) is 0 Å². The number of nitrogens with one attached hydrogen (secondary N) is 1. The Morgan fingerprint density at radius 2 is 2.14 bits per heavy atom. The van der Waals surface area contributed by atoms with Crippen LogP contribution in [0.5, 0.6) is 0 Å². The van der Waals surface area contributed by atoms with E-state index in [1.54, 1.807) is 0 Å². The molecule has 1 aromatic carbocycles. The first-order valence-electron chi connectivity index (χ1n) is 7.20. The Kier molecular flexibility index (Phi) is 4.41. The standard InChI is InChI=1S/C16H18N4O2/c1-20-8-9-22-15(11-20)12-2-4-13(5-3-12)19-16(21)14-10-17-6-7-18-14/h2-7,10,15H,8-9,11H2,1H3,(H,19,21). The van der Waals surface area contributed by atoms with Gasteiger partial charge in [0.05, 0.1) is 18.9 Å². The molecule has 1 amide bonds. The molecule has 1 atom stereocenters. The third-order valence-electron chi connectivity index (χ3n) is 3.61. The second kappa shape index (κ2) is 6.64. The topological polar surface area (TPSA) is 67.3 Å². The van der Waals surface area contributed by atoms with E-state index in [9.17, 15) is 4.79 Å². The van der Waals surface area contributed by atoms with Crippen LogP contribution in [0.3, 0.4) is 0 Å². The molecule has 22 heavy (non-hydrogen) atoms. The lowest BCUT2D eigenvalue weighted by Crippen LogP contribution is -2.35. The van der Waals surface area contributed by atoms with Crippen molar-refractivity contribution in [3.8, 4) is 0 Å². The van der Waals surface area contributed by atoms with Gasteiger partial charge in [0, 0.05) is 31.2 Å². The lowest BCUT2D eigenvalue weighted by atomic mass is 10.1. The van der Waals surface area contributed by atoms with Crippen molar-refractivity contribution in [2.75, 3.05) is 32.1 Å². The Morgan fingerprint density at radius 1 is 1.32 bits per heavy atom. The second-order valence-corrected chi connectivity index (χ2v) is 5.29. The summed E-state index contributed by atoms with van der Waals surface area (Å²) in [6.45, 7) is 2.58. The Balaban J connectivity index is 1.65. The lowest BCUT2D eigenvalue weighted by molar-refractivity contribution is -0.0208. The fourth-order valence-electron chi connectivity index (χ4n) is 2.37. The molecule has 0 radical (unpaired) electrons. The van der Waals surface area contributed by atoms with Crippen molar-refractivity contribution in [3.05, 3.63) is 54.1 Å². The molecule has 1 N–H and O–H groups in total. The maximum absolute atomic E-state index is 12.0. The SMILES string of the molecule is CN1CCOC(c2ccc(NC(=O)c3cnccn3)cc2)C1. The summed E-state index contributed by atoms with van der Waals surface area (Å²) in [6, 6.07) is 7.72. The Labute approximate surface area is 129 Å². The molecular weight excluding hydrogens is 280 g/mol. The number of carbonyl (C=O) groups excluding carboxylic acids is 1. The molecule has 1 unspecified atom stereocenters. The first-order chi connectivity index (χ1) is 10.7. The molecule has 114 valence electrons. The summed E-state index contributed by atoms with van der Waals surface area (Å²) in [5.41, 5.74) is 2.14. The first kappa shape index (κ1) is 14.6. The van der Waals surface area contributed by atoms with Crippen LogP contribution in [-0.4, -0.2) is 47.5 Å². The molecule has 6 nitrogen and oxygen atoms in total. The summed E-state index contributed by atoms with van der Waals surface area (Å²) >= 11 is 0. The van der Waals surface area contributed by atoms with Gasteiger partial charge >= 0.3 is 0 Å². The van der Waals surface area contributed by atoms with E-state index >= 15 is 0 Å². The van der Waals surface area contributed by atoms with E-state index in [1.165, 1.54) is 18.6 Å². The molecular formula is C16H18N4O2. The van der Waals surface area contributed by atoms with Crippen molar-refractivity contribution in [3.63, 3.8) is 0 Å². The minimum atomic E-state index is -0.269. The van der Waals surface area contributed by atoms with Crippen molar-refractivity contribution >= 4 is 11.6 Å². The number of likely N-dealkylation sites (N-methyl/N-ethyl adjacent to an activating group) is 1. The highest BCUT2D eigenvalue weighted by molar-refractivity contribution is 6.02. The fraction of sp³-hybridized carbons (Fsp3) is 0.312. The number of ether oxygens (including phenoxy) is 1. The number of rotatable bonds is 3. The molecule has 1 aliphatic rings. The van der Waals surface area contributed by atoms with Crippen LogP contribution in [0.15, 0.2) is 42.9 Å². The van der Waals surface area contributed by atoms with Gasteiger partial charge in [0.1, 0.15) is 5.69 Å². The van der Waals surface area contributed by atoms with Gasteiger partial charge in [-0.2, -0.15) is 0 Å². The predicted molar refractivity (Wildman–Crippen MR) is 82.6 cm³/mol. The molecule has 0 bridgehead atoms. The zero-order chi connectivity index (χ0) is 15.4. The molecule has 2 aromatic rings. The largest absolute Gasteiger partial charge is 0.371 e. The number of carbonyl (C=O) groups is 1. The van der Waals surface area contributed by atoms with Crippen molar-refractivity contribution in [2.45, 2.75) is 6.10 Å². The third kappa shape index (κ3) is 3.47. The highest BCUT2D eigenvalue weighted by atomic mass is 16.5. The van der Waals surface area contributed by atoms with E-state index < -0.39 is 0 Å². The summed E-state index contributed by atoms with van der Waals surface area (Å²) in [5.74, 6) is -0.269. The molecule has 3 rings (SSSR count). The van der Waals surface area contributed by atoms with Crippen molar-refractivity contribution < 1.29 is 9.53 Å². The summed E-state index contributed by atoms with van der Waals surface area (Å²) < 4.78 is 5.78. The van der Waals surface area contributed by atoms with Crippen LogP contribution in [0.1, 0.15) is 22.2 Å². The molecule has 1 fully saturated rings. The van der Waals surface area contributed by atoms with Crippen LogP contribution in [0, 0.1) is 0 Å². The smallest absolute Gasteiger partial charge is 0.275 e. The molecule has 0 saturated carbocycles. The van der Waals surface area contributed by atoms with E-state index in [0.717, 1.165) is 30.9 Å². The van der Waals surface area contributed by atoms with Gasteiger partial charge in [-0.25, -0.2) is 4.98 Å². The number of aromatic nitrogens is 2. The zero-order valence-electron chi connectivity index (χ0n) is 12.4. The normalized spacial score (nSPS) is 18.9. The maximum atomic E-state index is 12.0. The number of nitrogens with zero attached hydrogens (tertiary/aromatic N) is 3. The molecule has 0 aliphatic carbocycles. The van der Waals surface area contributed by atoms with E-state index in [2.05, 4.69) is 27.2 Å². The lowest BCUT2D eigenvalue weighted by Gasteiger charge is -2.30. The van der Waals surface area contributed by atoms with Gasteiger partial charge in [0.15, 0.2) is 0 Å². The van der Waals surface area contributed by atoms with Crippen molar-refractivity contribution in [2.24, 2.45) is 0 Å². The number of hydrogen-bond donors (Lipinski definition) is 1. The Morgan fingerprint density at radius 3 is 2.82 bits per heavy atom. The van der Waals surface area contributed by atoms with Crippen LogP contribution in [0.2, 0.25) is 0 Å². The molecule has 1 saturated heterocycles. The summed E-state index contributed by atoms with van der Waals surface area (Å²) in [7, 11) is 2.09. The van der Waals surface area contributed by atoms with Crippen LogP contribution in [-0.2, 0) is 4.74 Å². The number of anilines is 1. The van der Waals surface area contributed by atoms with Crippen LogP contribution in [0.25, 0.3) is 0 Å². The number of amides is 1. The van der Waals surface area contributed by atoms with Crippen LogP contribution in [0.4, 0.5) is 5.69 Å². The number of morpholine rings is 1. The Bertz CT molecular complexity index is 630. The molecule has 1 aromatic heterocycles. The highest BCUT2D eigenvalue weighted by Gasteiger charge is 2.19. The monoisotopic (exact) mass is 298 g/mol. The van der Waals surface area contributed by atoms with E-state index in [4.69, 9.17) is 4.74 Å². The summed E-state index contributed by atoms with van der Waals surface area (Å²) in [4.78, 5) is 22.1. The van der Waals surface area contributed by atoms with Gasteiger partial charge < -0.3 is 15.0 Å². The quantitative estimate of drug-likeness (QED) is 0.934. The van der Waals surface area contributed by atoms with Crippen molar-refractivity contribution in [1.82, 2.24) is 14.9 Å². The minimum Gasteiger partial charge on any atom is -0.371 e. The van der Waals surface area contributed by atoms with Gasteiger partial charge in [0.25, 0.3) is 5.91 Å². The Hall–Kier alpha value is -2.31. The minimum absolute atomic E-state index is 0.0866. The van der Waals surface area contributed by atoms with Gasteiger partial charge in [0.2, 0.25) is 0 Å². The van der Waals surface area contributed by atoms with E-state index in [-0.39, 0.29) is 12.0 Å². The van der Waals surface area contributed by atoms with Crippen LogP contribution < -0.4 is 5.32 Å². The number of benzene rings is 1.